The summed E-state index contributed by atoms with van der Waals surface area (Å²) in [5.74, 6) is -0.822. The summed E-state index contributed by atoms with van der Waals surface area (Å²) < 4.78 is 39.8. The fourth-order valence-electron chi connectivity index (χ4n) is 1.18. The molecule has 0 aromatic rings. The van der Waals surface area contributed by atoms with Gasteiger partial charge in [-0.05, 0) is 13.8 Å². The van der Waals surface area contributed by atoms with E-state index < -0.39 is 27.5 Å². The molecule has 0 radical (unpaired) electrons. The van der Waals surface area contributed by atoms with Gasteiger partial charge in [-0.15, -0.1) is 0 Å². The molecule has 2 atom stereocenters. The number of phosphoric acid groups is 2. The van der Waals surface area contributed by atoms with Crippen molar-refractivity contribution in [3.05, 3.63) is 0 Å². The predicted octanol–water partition coefficient (Wildman–Crippen LogP) is 0.364. The molecule has 0 aliphatic carbocycles. The quantitative estimate of drug-likeness (QED) is 0.614. The molecule has 0 amide bonds. The monoisotopic (exact) mass is 292 g/mol. The Morgan fingerprint density at radius 2 is 1.94 bits per heavy atom. The zero-order valence-corrected chi connectivity index (χ0v) is 11.0. The fraction of sp³-hybridized carbons (Fsp3) is 1.00. The van der Waals surface area contributed by atoms with E-state index in [0.29, 0.717) is 0 Å². The normalized spacial score (nSPS) is 27.9. The number of rotatable bonds is 5. The fourth-order valence-corrected chi connectivity index (χ4v) is 2.80. The summed E-state index contributed by atoms with van der Waals surface area (Å²) in [6, 6.07) is 0. The molecule has 9 nitrogen and oxygen atoms in total. The Balaban J connectivity index is 2.41. The summed E-state index contributed by atoms with van der Waals surface area (Å²) in [5.41, 5.74) is 0. The third-order valence-electron chi connectivity index (χ3n) is 1.70. The van der Waals surface area contributed by atoms with Crippen LogP contribution in [0.1, 0.15) is 13.8 Å². The summed E-state index contributed by atoms with van der Waals surface area (Å²) in [6.45, 7) is 3.06. The lowest BCUT2D eigenvalue weighted by molar-refractivity contribution is -0.142. The average Bonchev–Trinajstić information content (AvgIpc) is 2.38. The molecule has 3 N–H and O–H groups in total. The maximum Gasteiger partial charge on any atom is 0.481 e. The summed E-state index contributed by atoms with van der Waals surface area (Å²) in [4.78, 5) is 25.7. The lowest BCUT2D eigenvalue weighted by Gasteiger charge is -2.18. The predicted molar refractivity (Wildman–Crippen MR) is 53.8 cm³/mol. The average molecular weight is 292 g/mol. The summed E-state index contributed by atoms with van der Waals surface area (Å²) >= 11 is 0. The molecule has 0 saturated carbocycles. The van der Waals surface area contributed by atoms with Crippen molar-refractivity contribution in [2.75, 3.05) is 13.2 Å². The second-order valence-corrected chi connectivity index (χ2v) is 6.62. The van der Waals surface area contributed by atoms with Gasteiger partial charge in [0.2, 0.25) is 0 Å². The van der Waals surface area contributed by atoms with E-state index in [4.69, 9.17) is 24.2 Å². The first-order chi connectivity index (χ1) is 7.49. The molecular weight excluding hydrogens is 278 g/mol. The first-order valence-electron chi connectivity index (χ1n) is 4.55. The first-order valence-corrected chi connectivity index (χ1v) is 7.58. The SMILES string of the molecule is CC1(C)OCC(COP(=O)(O)OP(=O)(O)O)O1. The van der Waals surface area contributed by atoms with Crippen LogP contribution in [0.3, 0.4) is 0 Å². The van der Waals surface area contributed by atoms with E-state index in [1.54, 1.807) is 13.8 Å². The van der Waals surface area contributed by atoms with Gasteiger partial charge >= 0.3 is 15.6 Å². The van der Waals surface area contributed by atoms with Gasteiger partial charge in [0.1, 0.15) is 6.10 Å². The molecule has 11 heteroatoms. The van der Waals surface area contributed by atoms with Gasteiger partial charge in [-0.2, -0.15) is 4.31 Å². The lowest BCUT2D eigenvalue weighted by atomic mass is 10.4. The largest absolute Gasteiger partial charge is 0.481 e. The molecule has 1 aliphatic heterocycles. The Labute approximate surface area is 97.5 Å². The Kier molecular flexibility index (Phi) is 4.52. The second kappa shape index (κ2) is 5.05. The minimum absolute atomic E-state index is 0.142. The highest BCUT2D eigenvalue weighted by Gasteiger charge is 2.37. The number of hydrogen-bond acceptors (Lipinski definition) is 6. The van der Waals surface area contributed by atoms with E-state index >= 15 is 0 Å². The first kappa shape index (κ1) is 15.2. The van der Waals surface area contributed by atoms with Gasteiger partial charge in [-0.3, -0.25) is 4.52 Å². The van der Waals surface area contributed by atoms with Gasteiger partial charge in [-0.25, -0.2) is 9.13 Å². The van der Waals surface area contributed by atoms with Gasteiger partial charge in [0, 0.05) is 0 Å². The third kappa shape index (κ3) is 6.05. The van der Waals surface area contributed by atoms with E-state index in [1.807, 2.05) is 0 Å². The standard InChI is InChI=1S/C6H14O9P2/c1-6(2)12-3-5(14-6)4-13-17(10,11)15-16(7,8)9/h5H,3-4H2,1-2H3,(H,10,11)(H2,7,8,9). The molecule has 1 aliphatic rings. The molecule has 0 spiro atoms. The van der Waals surface area contributed by atoms with Crippen LogP contribution < -0.4 is 0 Å². The Morgan fingerprint density at radius 1 is 1.35 bits per heavy atom. The molecule has 1 heterocycles. The molecule has 1 fully saturated rings. The highest BCUT2D eigenvalue weighted by atomic mass is 31.3. The van der Waals surface area contributed by atoms with Crippen molar-refractivity contribution in [3.63, 3.8) is 0 Å². The van der Waals surface area contributed by atoms with Crippen molar-refractivity contribution < 1.29 is 42.1 Å². The van der Waals surface area contributed by atoms with E-state index in [0.717, 1.165) is 0 Å². The van der Waals surface area contributed by atoms with Gasteiger partial charge < -0.3 is 24.2 Å². The van der Waals surface area contributed by atoms with Gasteiger partial charge in [0.25, 0.3) is 0 Å². The summed E-state index contributed by atoms with van der Waals surface area (Å²) in [6.07, 6.45) is -0.606. The minimum atomic E-state index is -5.08. The van der Waals surface area contributed by atoms with E-state index in [1.165, 1.54) is 0 Å². The maximum atomic E-state index is 11.1. The lowest BCUT2D eigenvalue weighted by Crippen LogP contribution is -2.23. The van der Waals surface area contributed by atoms with Crippen LogP contribution in [0.4, 0.5) is 0 Å². The summed E-state index contributed by atoms with van der Waals surface area (Å²) in [7, 11) is -9.89. The van der Waals surface area contributed by atoms with Crippen LogP contribution in [-0.4, -0.2) is 39.8 Å². The molecule has 0 aromatic heterocycles. The molecule has 1 saturated heterocycles. The third-order valence-corrected chi connectivity index (χ3v) is 3.85. The zero-order valence-electron chi connectivity index (χ0n) is 9.18. The second-order valence-electron chi connectivity index (χ2n) is 3.79. The van der Waals surface area contributed by atoms with Gasteiger partial charge in [-0.1, -0.05) is 0 Å². The maximum absolute atomic E-state index is 11.1. The Hall–Kier alpha value is 0.180. The molecule has 0 aromatic carbocycles. The minimum Gasteiger partial charge on any atom is -0.348 e. The van der Waals surface area contributed by atoms with Crippen molar-refractivity contribution in [1.29, 1.82) is 0 Å². The molecular formula is C6H14O9P2. The van der Waals surface area contributed by atoms with Crippen LogP contribution >= 0.6 is 15.6 Å². The number of ether oxygens (including phenoxy) is 2. The van der Waals surface area contributed by atoms with Gasteiger partial charge in [0.05, 0.1) is 13.2 Å². The van der Waals surface area contributed by atoms with Crippen LogP contribution in [0, 0.1) is 0 Å². The van der Waals surface area contributed by atoms with E-state index in [2.05, 4.69) is 8.83 Å². The molecule has 2 unspecified atom stereocenters. The van der Waals surface area contributed by atoms with Crippen LogP contribution in [0.5, 0.6) is 0 Å². The topological polar surface area (TPSA) is 132 Å². The van der Waals surface area contributed by atoms with Crippen molar-refractivity contribution in [2.45, 2.75) is 25.7 Å². The molecule has 0 bridgehead atoms. The highest BCUT2D eigenvalue weighted by molar-refractivity contribution is 7.60. The highest BCUT2D eigenvalue weighted by Crippen LogP contribution is 2.57. The van der Waals surface area contributed by atoms with Crippen LogP contribution in [-0.2, 0) is 27.4 Å². The van der Waals surface area contributed by atoms with Crippen molar-refractivity contribution in [1.82, 2.24) is 0 Å². The van der Waals surface area contributed by atoms with Crippen LogP contribution in [0.15, 0.2) is 0 Å². The van der Waals surface area contributed by atoms with Crippen LogP contribution in [0.2, 0.25) is 0 Å². The van der Waals surface area contributed by atoms with Crippen molar-refractivity contribution in [2.24, 2.45) is 0 Å². The molecule has 1 rings (SSSR count). The Morgan fingerprint density at radius 3 is 2.35 bits per heavy atom. The smallest absolute Gasteiger partial charge is 0.348 e. The molecule has 102 valence electrons. The summed E-state index contributed by atoms with van der Waals surface area (Å²) in [5, 5.41) is 0. The zero-order chi connectivity index (χ0) is 13.3. The van der Waals surface area contributed by atoms with Crippen molar-refractivity contribution >= 4 is 15.6 Å². The van der Waals surface area contributed by atoms with Gasteiger partial charge in [0.15, 0.2) is 5.79 Å². The Bertz CT molecular complexity index is 360. The van der Waals surface area contributed by atoms with Crippen molar-refractivity contribution in [3.8, 4) is 0 Å². The number of phosphoric ester groups is 1. The van der Waals surface area contributed by atoms with E-state index in [-0.39, 0.29) is 13.2 Å². The van der Waals surface area contributed by atoms with Crippen LogP contribution in [0.25, 0.3) is 0 Å². The molecule has 17 heavy (non-hydrogen) atoms. The number of hydrogen-bond donors (Lipinski definition) is 3. The van der Waals surface area contributed by atoms with E-state index in [9.17, 15) is 9.13 Å².